The summed E-state index contributed by atoms with van der Waals surface area (Å²) >= 11 is 7.67. The molecule has 0 bridgehead atoms. The third-order valence-electron chi connectivity index (χ3n) is 3.97. The number of halogens is 1. The number of imidazole rings is 1. The van der Waals surface area contributed by atoms with E-state index in [4.69, 9.17) is 16.6 Å². The summed E-state index contributed by atoms with van der Waals surface area (Å²) in [5.41, 5.74) is 1.92. The van der Waals surface area contributed by atoms with Gasteiger partial charge in [-0.05, 0) is 44.3 Å². The monoisotopic (exact) mass is 318 g/mol. The molecular weight excluding hydrogens is 304 g/mol. The summed E-state index contributed by atoms with van der Waals surface area (Å²) in [7, 11) is 2.16. The van der Waals surface area contributed by atoms with Gasteiger partial charge in [0.15, 0.2) is 11.5 Å². The van der Waals surface area contributed by atoms with Gasteiger partial charge in [0.05, 0.1) is 15.3 Å². The van der Waals surface area contributed by atoms with E-state index >= 15 is 0 Å². The number of pyridine rings is 1. The molecule has 0 radical (unpaired) electrons. The number of fused-ring (bicyclic) bond motifs is 1. The molecule has 1 aliphatic rings. The predicted octanol–water partition coefficient (Wildman–Crippen LogP) is 3.69. The van der Waals surface area contributed by atoms with Crippen LogP contribution in [-0.4, -0.2) is 39.6 Å². The highest BCUT2D eigenvalue weighted by molar-refractivity contribution is 7.19. The second-order valence-corrected chi connectivity index (χ2v) is 7.18. The van der Waals surface area contributed by atoms with Crippen LogP contribution >= 0.6 is 22.9 Å². The zero-order valence-electron chi connectivity index (χ0n) is 11.7. The molecule has 6 heteroatoms. The summed E-state index contributed by atoms with van der Waals surface area (Å²) in [6.45, 7) is 2.15. The number of rotatable bonds is 2. The van der Waals surface area contributed by atoms with Crippen molar-refractivity contribution in [3.05, 3.63) is 34.8 Å². The summed E-state index contributed by atoms with van der Waals surface area (Å²) < 4.78 is 3.08. The third kappa shape index (κ3) is 2.25. The lowest BCUT2D eigenvalue weighted by Gasteiger charge is -2.15. The molecule has 1 aliphatic heterocycles. The average molecular weight is 319 g/mol. The molecule has 0 aliphatic carbocycles. The van der Waals surface area contributed by atoms with Crippen molar-refractivity contribution < 1.29 is 0 Å². The molecule has 21 heavy (non-hydrogen) atoms. The maximum absolute atomic E-state index is 6.10. The van der Waals surface area contributed by atoms with Gasteiger partial charge < -0.3 is 9.47 Å². The Morgan fingerprint density at radius 1 is 1.33 bits per heavy atom. The molecule has 108 valence electrons. The van der Waals surface area contributed by atoms with Crippen LogP contribution in [-0.2, 0) is 0 Å². The maximum atomic E-state index is 6.10. The quantitative estimate of drug-likeness (QED) is 0.722. The van der Waals surface area contributed by atoms with E-state index in [9.17, 15) is 0 Å². The zero-order valence-corrected chi connectivity index (χ0v) is 13.2. The minimum atomic E-state index is 0.422. The first kappa shape index (κ1) is 13.2. The average Bonchev–Trinajstić information content (AvgIpc) is 3.16. The molecular formula is C15H15ClN4S. The fraction of sp³-hybridized carbons (Fsp3) is 0.333. The second-order valence-electron chi connectivity index (χ2n) is 5.46. The molecule has 1 saturated heterocycles. The molecule has 0 amide bonds. The minimum Gasteiger partial charge on any atom is -0.304 e. The number of likely N-dealkylation sites (N-methyl/N-ethyl adjacent to an activating group) is 1. The van der Waals surface area contributed by atoms with E-state index in [1.54, 1.807) is 11.3 Å². The second kappa shape index (κ2) is 5.09. The standard InChI is InChI=1S/C15H15ClN4S/c1-19-8-6-10(9-19)20-14-11(3-2-7-17-14)18-15(20)12-4-5-13(16)21-12/h2-5,7,10H,6,8-9H2,1H3. The Bertz CT molecular complexity index is 794. The lowest BCUT2D eigenvalue weighted by molar-refractivity contribution is 0.395. The normalized spacial score (nSPS) is 19.6. The largest absolute Gasteiger partial charge is 0.304 e. The van der Waals surface area contributed by atoms with Crippen molar-refractivity contribution >= 4 is 34.1 Å². The molecule has 4 heterocycles. The Labute approximate surface area is 132 Å². The molecule has 3 aromatic heterocycles. The van der Waals surface area contributed by atoms with E-state index in [0.717, 1.165) is 45.7 Å². The van der Waals surface area contributed by atoms with Crippen molar-refractivity contribution in [3.63, 3.8) is 0 Å². The highest BCUT2D eigenvalue weighted by Gasteiger charge is 2.26. The molecule has 0 aromatic carbocycles. The molecule has 1 fully saturated rings. The van der Waals surface area contributed by atoms with Gasteiger partial charge in [0.1, 0.15) is 5.52 Å². The predicted molar refractivity (Wildman–Crippen MR) is 87.0 cm³/mol. The molecule has 4 nitrogen and oxygen atoms in total. The number of hydrogen-bond acceptors (Lipinski definition) is 4. The Balaban J connectivity index is 1.93. The van der Waals surface area contributed by atoms with Gasteiger partial charge in [0.25, 0.3) is 0 Å². The van der Waals surface area contributed by atoms with Gasteiger partial charge in [-0.1, -0.05) is 11.6 Å². The summed E-state index contributed by atoms with van der Waals surface area (Å²) in [6.07, 6.45) is 2.97. The maximum Gasteiger partial charge on any atom is 0.160 e. The van der Waals surface area contributed by atoms with Gasteiger partial charge in [-0.2, -0.15) is 0 Å². The smallest absolute Gasteiger partial charge is 0.160 e. The van der Waals surface area contributed by atoms with E-state index in [1.807, 2.05) is 30.5 Å². The van der Waals surface area contributed by atoms with Crippen LogP contribution in [0.2, 0.25) is 4.34 Å². The lowest BCUT2D eigenvalue weighted by atomic mass is 10.2. The van der Waals surface area contributed by atoms with Gasteiger partial charge in [0, 0.05) is 12.7 Å². The van der Waals surface area contributed by atoms with Crippen LogP contribution in [0.1, 0.15) is 12.5 Å². The fourth-order valence-corrected chi connectivity index (χ4v) is 4.04. The Kier molecular flexibility index (Phi) is 3.21. The molecule has 0 N–H and O–H groups in total. The summed E-state index contributed by atoms with van der Waals surface area (Å²) in [5.74, 6) is 0.987. The SMILES string of the molecule is CN1CCC(n2c(-c3ccc(Cl)s3)nc3cccnc32)C1. The van der Waals surface area contributed by atoms with E-state index < -0.39 is 0 Å². The van der Waals surface area contributed by atoms with Crippen molar-refractivity contribution in [2.75, 3.05) is 20.1 Å². The van der Waals surface area contributed by atoms with E-state index in [2.05, 4.69) is 21.5 Å². The van der Waals surface area contributed by atoms with Crippen LogP contribution in [0.3, 0.4) is 0 Å². The van der Waals surface area contributed by atoms with Gasteiger partial charge in [0.2, 0.25) is 0 Å². The van der Waals surface area contributed by atoms with Crippen LogP contribution in [0.15, 0.2) is 30.5 Å². The summed E-state index contributed by atoms with van der Waals surface area (Å²) in [4.78, 5) is 12.8. The van der Waals surface area contributed by atoms with Crippen LogP contribution in [0, 0.1) is 0 Å². The number of thiophene rings is 1. The summed E-state index contributed by atoms with van der Waals surface area (Å²) in [6, 6.07) is 8.36. The van der Waals surface area contributed by atoms with Crippen molar-refractivity contribution in [2.45, 2.75) is 12.5 Å². The van der Waals surface area contributed by atoms with Crippen molar-refractivity contribution in [3.8, 4) is 10.7 Å². The van der Waals surface area contributed by atoms with Crippen LogP contribution in [0.25, 0.3) is 21.9 Å². The van der Waals surface area contributed by atoms with Crippen LogP contribution in [0.4, 0.5) is 0 Å². The van der Waals surface area contributed by atoms with Crippen molar-refractivity contribution in [2.24, 2.45) is 0 Å². The first-order valence-corrected chi connectivity index (χ1v) is 8.19. The van der Waals surface area contributed by atoms with Gasteiger partial charge in [-0.25, -0.2) is 9.97 Å². The molecule has 0 spiro atoms. The molecule has 3 aromatic rings. The first-order chi connectivity index (χ1) is 10.2. The number of hydrogen-bond donors (Lipinski definition) is 0. The molecule has 0 saturated carbocycles. The third-order valence-corrected chi connectivity index (χ3v) is 5.20. The fourth-order valence-electron chi connectivity index (χ4n) is 3.01. The zero-order chi connectivity index (χ0) is 14.4. The first-order valence-electron chi connectivity index (χ1n) is 6.99. The number of nitrogens with zero attached hydrogens (tertiary/aromatic N) is 4. The Morgan fingerprint density at radius 3 is 2.95 bits per heavy atom. The lowest BCUT2D eigenvalue weighted by Crippen LogP contribution is -2.17. The van der Waals surface area contributed by atoms with Crippen molar-refractivity contribution in [1.29, 1.82) is 0 Å². The van der Waals surface area contributed by atoms with Gasteiger partial charge in [-0.15, -0.1) is 11.3 Å². The highest BCUT2D eigenvalue weighted by atomic mass is 35.5. The van der Waals surface area contributed by atoms with Crippen LogP contribution < -0.4 is 0 Å². The topological polar surface area (TPSA) is 34.0 Å². The molecule has 1 unspecified atom stereocenters. The minimum absolute atomic E-state index is 0.422. The highest BCUT2D eigenvalue weighted by Crippen LogP contribution is 2.36. The van der Waals surface area contributed by atoms with Crippen LogP contribution in [0.5, 0.6) is 0 Å². The van der Waals surface area contributed by atoms with Gasteiger partial charge in [-0.3, -0.25) is 0 Å². The molecule has 4 rings (SSSR count). The van der Waals surface area contributed by atoms with E-state index in [-0.39, 0.29) is 0 Å². The van der Waals surface area contributed by atoms with E-state index in [0.29, 0.717) is 6.04 Å². The Morgan fingerprint density at radius 2 is 2.24 bits per heavy atom. The molecule has 1 atom stereocenters. The van der Waals surface area contributed by atoms with Crippen molar-refractivity contribution in [1.82, 2.24) is 19.4 Å². The summed E-state index contributed by atoms with van der Waals surface area (Å²) in [5, 5.41) is 0. The number of likely N-dealkylation sites (tertiary alicyclic amines) is 1. The number of aromatic nitrogens is 3. The Hall–Kier alpha value is -1.43. The van der Waals surface area contributed by atoms with Gasteiger partial charge >= 0.3 is 0 Å². The van der Waals surface area contributed by atoms with E-state index in [1.165, 1.54) is 0 Å².